The van der Waals surface area contributed by atoms with E-state index in [4.69, 9.17) is 5.11 Å². The van der Waals surface area contributed by atoms with Crippen molar-refractivity contribution in [2.75, 3.05) is 18.5 Å². The van der Waals surface area contributed by atoms with E-state index in [0.717, 1.165) is 24.2 Å². The molecule has 14 heavy (non-hydrogen) atoms. The first-order chi connectivity index (χ1) is 6.90. The van der Waals surface area contributed by atoms with Crippen molar-refractivity contribution < 1.29 is 5.11 Å². The zero-order chi connectivity index (χ0) is 9.80. The molecule has 1 aromatic heterocycles. The van der Waals surface area contributed by atoms with Gasteiger partial charge in [-0.25, -0.2) is 4.98 Å². The molecule has 0 bridgehead atoms. The van der Waals surface area contributed by atoms with Crippen LogP contribution in [0.25, 0.3) is 10.2 Å². The van der Waals surface area contributed by atoms with Crippen LogP contribution in [0.2, 0.25) is 0 Å². The van der Waals surface area contributed by atoms with Gasteiger partial charge in [0.1, 0.15) is 0 Å². The van der Waals surface area contributed by atoms with Crippen LogP contribution in [0.1, 0.15) is 6.42 Å². The van der Waals surface area contributed by atoms with E-state index in [9.17, 15) is 0 Å². The third kappa shape index (κ3) is 2.02. The smallest absolute Gasteiger partial charge is 0.0832 e. The van der Waals surface area contributed by atoms with E-state index in [1.165, 1.54) is 4.70 Å². The van der Waals surface area contributed by atoms with Gasteiger partial charge >= 0.3 is 0 Å². The van der Waals surface area contributed by atoms with Crippen LogP contribution >= 0.6 is 11.3 Å². The number of aliphatic hydroxyl groups excluding tert-OH is 1. The van der Waals surface area contributed by atoms with Gasteiger partial charge in [0, 0.05) is 18.8 Å². The van der Waals surface area contributed by atoms with E-state index in [1.807, 2.05) is 17.6 Å². The Hall–Kier alpha value is -1.13. The molecule has 0 unspecified atom stereocenters. The monoisotopic (exact) mass is 208 g/mol. The zero-order valence-corrected chi connectivity index (χ0v) is 8.55. The molecule has 1 heterocycles. The number of nitrogens with one attached hydrogen (secondary N) is 1. The summed E-state index contributed by atoms with van der Waals surface area (Å²) in [6.45, 7) is 1.03. The van der Waals surface area contributed by atoms with E-state index in [0.29, 0.717) is 0 Å². The minimum atomic E-state index is 0.228. The van der Waals surface area contributed by atoms with Crippen molar-refractivity contribution in [1.82, 2.24) is 4.98 Å². The predicted molar refractivity (Wildman–Crippen MR) is 59.8 cm³/mol. The van der Waals surface area contributed by atoms with Crippen LogP contribution in [0.15, 0.2) is 23.7 Å². The Bertz CT molecular complexity index is 413. The molecule has 2 aromatic rings. The van der Waals surface area contributed by atoms with E-state index in [2.05, 4.69) is 16.4 Å². The van der Waals surface area contributed by atoms with Crippen molar-refractivity contribution in [3.63, 3.8) is 0 Å². The molecule has 0 amide bonds. The normalized spacial score (nSPS) is 10.6. The number of fused-ring (bicyclic) bond motifs is 1. The van der Waals surface area contributed by atoms with E-state index < -0.39 is 0 Å². The molecule has 0 aliphatic rings. The van der Waals surface area contributed by atoms with Gasteiger partial charge in [-0.3, -0.25) is 0 Å². The second-order valence-electron chi connectivity index (χ2n) is 3.04. The molecule has 0 saturated carbocycles. The summed E-state index contributed by atoms with van der Waals surface area (Å²) >= 11 is 1.65. The molecule has 0 aliphatic heterocycles. The molecule has 0 fully saturated rings. The highest BCUT2D eigenvalue weighted by Crippen LogP contribution is 2.21. The van der Waals surface area contributed by atoms with E-state index >= 15 is 0 Å². The number of anilines is 1. The largest absolute Gasteiger partial charge is 0.396 e. The van der Waals surface area contributed by atoms with Gasteiger partial charge in [0.05, 0.1) is 15.7 Å². The summed E-state index contributed by atoms with van der Waals surface area (Å²) in [4.78, 5) is 4.24. The zero-order valence-electron chi connectivity index (χ0n) is 7.73. The molecule has 0 atom stereocenters. The van der Waals surface area contributed by atoms with Gasteiger partial charge in [-0.05, 0) is 24.6 Å². The highest BCUT2D eigenvalue weighted by molar-refractivity contribution is 7.16. The lowest BCUT2D eigenvalue weighted by atomic mass is 10.3. The van der Waals surface area contributed by atoms with Gasteiger partial charge in [0.2, 0.25) is 0 Å². The predicted octanol–water partition coefficient (Wildman–Crippen LogP) is 2.09. The molecule has 0 radical (unpaired) electrons. The molecular formula is C10H12N2OS. The topological polar surface area (TPSA) is 45.1 Å². The fourth-order valence-electron chi connectivity index (χ4n) is 1.28. The second-order valence-corrected chi connectivity index (χ2v) is 3.93. The fourth-order valence-corrected chi connectivity index (χ4v) is 1.94. The summed E-state index contributed by atoms with van der Waals surface area (Å²) in [7, 11) is 0. The summed E-state index contributed by atoms with van der Waals surface area (Å²) in [6.07, 6.45) is 0.773. The van der Waals surface area contributed by atoms with Crippen LogP contribution in [0.5, 0.6) is 0 Å². The SMILES string of the molecule is OCCCNc1ccc2scnc2c1. The highest BCUT2D eigenvalue weighted by atomic mass is 32.1. The van der Waals surface area contributed by atoms with E-state index in [-0.39, 0.29) is 6.61 Å². The Kier molecular flexibility index (Phi) is 2.96. The molecule has 2 N–H and O–H groups in total. The lowest BCUT2D eigenvalue weighted by molar-refractivity contribution is 0.292. The Labute approximate surface area is 86.4 Å². The van der Waals surface area contributed by atoms with Crippen molar-refractivity contribution in [3.8, 4) is 0 Å². The molecule has 2 rings (SSSR count). The van der Waals surface area contributed by atoms with E-state index in [1.54, 1.807) is 11.3 Å². The van der Waals surface area contributed by atoms with Crippen LogP contribution in [0.4, 0.5) is 5.69 Å². The number of aliphatic hydroxyl groups is 1. The Morgan fingerprint density at radius 1 is 1.43 bits per heavy atom. The van der Waals surface area contributed by atoms with Crippen LogP contribution < -0.4 is 5.32 Å². The number of thiazole rings is 1. The first-order valence-corrected chi connectivity index (χ1v) is 5.46. The number of hydrogen-bond donors (Lipinski definition) is 2. The molecule has 1 aromatic carbocycles. The number of nitrogens with zero attached hydrogens (tertiary/aromatic N) is 1. The van der Waals surface area contributed by atoms with Gasteiger partial charge in [-0.2, -0.15) is 0 Å². The van der Waals surface area contributed by atoms with Gasteiger partial charge in [0.25, 0.3) is 0 Å². The van der Waals surface area contributed by atoms with Crippen LogP contribution in [-0.4, -0.2) is 23.2 Å². The van der Waals surface area contributed by atoms with Gasteiger partial charge in [-0.15, -0.1) is 11.3 Å². The lowest BCUT2D eigenvalue weighted by Crippen LogP contribution is -2.02. The Balaban J connectivity index is 2.10. The van der Waals surface area contributed by atoms with Crippen molar-refractivity contribution >= 4 is 27.2 Å². The molecule has 0 saturated heterocycles. The summed E-state index contributed by atoms with van der Waals surface area (Å²) in [5.41, 5.74) is 3.95. The number of benzene rings is 1. The molecule has 74 valence electrons. The molecular weight excluding hydrogens is 196 g/mol. The third-order valence-electron chi connectivity index (χ3n) is 1.99. The maximum atomic E-state index is 8.63. The number of aromatic nitrogens is 1. The summed E-state index contributed by atoms with van der Waals surface area (Å²) in [5.74, 6) is 0. The minimum Gasteiger partial charge on any atom is -0.396 e. The molecule has 3 nitrogen and oxygen atoms in total. The van der Waals surface area contributed by atoms with Crippen molar-refractivity contribution in [2.45, 2.75) is 6.42 Å². The van der Waals surface area contributed by atoms with Crippen molar-refractivity contribution in [3.05, 3.63) is 23.7 Å². The van der Waals surface area contributed by atoms with Crippen molar-refractivity contribution in [2.24, 2.45) is 0 Å². The highest BCUT2D eigenvalue weighted by Gasteiger charge is 1.97. The quantitative estimate of drug-likeness (QED) is 0.756. The second kappa shape index (κ2) is 4.39. The number of hydrogen-bond acceptors (Lipinski definition) is 4. The maximum absolute atomic E-state index is 8.63. The third-order valence-corrected chi connectivity index (χ3v) is 2.80. The average molecular weight is 208 g/mol. The van der Waals surface area contributed by atoms with Crippen LogP contribution in [0.3, 0.4) is 0 Å². The summed E-state index contributed by atoms with van der Waals surface area (Å²) in [5, 5.41) is 11.9. The molecule has 4 heteroatoms. The Morgan fingerprint density at radius 2 is 2.36 bits per heavy atom. The lowest BCUT2D eigenvalue weighted by Gasteiger charge is -2.04. The standard InChI is InChI=1S/C10H12N2OS/c13-5-1-4-11-8-2-3-10-9(6-8)12-7-14-10/h2-3,6-7,11,13H,1,4-5H2. The molecule has 0 aliphatic carbocycles. The number of rotatable bonds is 4. The van der Waals surface area contributed by atoms with Crippen molar-refractivity contribution in [1.29, 1.82) is 0 Å². The fraction of sp³-hybridized carbons (Fsp3) is 0.300. The Morgan fingerprint density at radius 3 is 3.21 bits per heavy atom. The maximum Gasteiger partial charge on any atom is 0.0832 e. The molecule has 0 spiro atoms. The first-order valence-electron chi connectivity index (χ1n) is 4.58. The van der Waals surface area contributed by atoms with Gasteiger partial charge in [0.15, 0.2) is 0 Å². The summed E-state index contributed by atoms with van der Waals surface area (Å²) in [6, 6.07) is 6.13. The average Bonchev–Trinajstić information content (AvgIpc) is 2.65. The van der Waals surface area contributed by atoms with Gasteiger partial charge < -0.3 is 10.4 Å². The van der Waals surface area contributed by atoms with Crippen LogP contribution in [0, 0.1) is 0 Å². The van der Waals surface area contributed by atoms with Crippen LogP contribution in [-0.2, 0) is 0 Å². The first kappa shape index (κ1) is 9.43. The minimum absolute atomic E-state index is 0.228. The van der Waals surface area contributed by atoms with Gasteiger partial charge in [-0.1, -0.05) is 0 Å². The summed E-state index contributed by atoms with van der Waals surface area (Å²) < 4.78 is 1.21.